The molecule has 4 nitrogen and oxygen atoms in total. The van der Waals surface area contributed by atoms with E-state index >= 15 is 0 Å². The summed E-state index contributed by atoms with van der Waals surface area (Å²) in [7, 11) is 0. The van der Waals surface area contributed by atoms with Crippen LogP contribution >= 0.6 is 0 Å². The van der Waals surface area contributed by atoms with E-state index in [1.165, 1.54) is 35.2 Å². The Labute approximate surface area is 120 Å². The summed E-state index contributed by atoms with van der Waals surface area (Å²) in [6.07, 6.45) is 9.57. The van der Waals surface area contributed by atoms with Crippen LogP contribution in [0.1, 0.15) is 37.4 Å². The monoisotopic (exact) mass is 270 g/mol. The molecule has 1 aliphatic rings. The van der Waals surface area contributed by atoms with Gasteiger partial charge in [-0.25, -0.2) is 0 Å². The molecule has 2 aromatic rings. The number of hydrogen-bond donors (Lipinski definition) is 1. The Morgan fingerprint density at radius 2 is 2.15 bits per heavy atom. The van der Waals surface area contributed by atoms with Crippen molar-refractivity contribution >= 4 is 0 Å². The van der Waals surface area contributed by atoms with Gasteiger partial charge in [-0.3, -0.25) is 9.67 Å². The molecule has 106 valence electrons. The highest BCUT2D eigenvalue weighted by molar-refractivity contribution is 5.64. The van der Waals surface area contributed by atoms with Crippen LogP contribution in [0.5, 0.6) is 0 Å². The maximum atomic E-state index is 4.47. The molecule has 1 aliphatic carbocycles. The molecule has 0 aliphatic heterocycles. The number of nitrogens with zero attached hydrogens (tertiary/aromatic N) is 3. The zero-order valence-electron chi connectivity index (χ0n) is 12.3. The number of aryl methyl sites for hydroxylation is 1. The fourth-order valence-electron chi connectivity index (χ4n) is 2.45. The molecule has 2 aromatic heterocycles. The SMILES string of the molecule is CCCn1ncc(-c2cncc(CNC3CC3)c2)c1C. The number of rotatable bonds is 6. The molecule has 3 rings (SSSR count). The van der Waals surface area contributed by atoms with Gasteiger partial charge in [-0.15, -0.1) is 0 Å². The highest BCUT2D eigenvalue weighted by atomic mass is 15.3. The van der Waals surface area contributed by atoms with Gasteiger partial charge in [0.05, 0.1) is 6.20 Å². The van der Waals surface area contributed by atoms with Gasteiger partial charge >= 0.3 is 0 Å². The average molecular weight is 270 g/mol. The number of hydrogen-bond acceptors (Lipinski definition) is 3. The summed E-state index contributed by atoms with van der Waals surface area (Å²) in [5.74, 6) is 0. The van der Waals surface area contributed by atoms with Crippen molar-refractivity contribution in [1.82, 2.24) is 20.1 Å². The summed E-state index contributed by atoms with van der Waals surface area (Å²) >= 11 is 0. The third-order valence-corrected chi connectivity index (χ3v) is 3.82. The predicted octanol–water partition coefficient (Wildman–Crippen LogP) is 2.92. The van der Waals surface area contributed by atoms with Gasteiger partial charge in [0.15, 0.2) is 0 Å². The van der Waals surface area contributed by atoms with E-state index in [-0.39, 0.29) is 0 Å². The van der Waals surface area contributed by atoms with Gasteiger partial charge in [0.1, 0.15) is 0 Å². The van der Waals surface area contributed by atoms with Gasteiger partial charge < -0.3 is 5.32 Å². The summed E-state index contributed by atoms with van der Waals surface area (Å²) in [6, 6.07) is 2.95. The summed E-state index contributed by atoms with van der Waals surface area (Å²) in [5.41, 5.74) is 4.83. The molecule has 2 heterocycles. The van der Waals surface area contributed by atoms with Crippen LogP contribution in [-0.2, 0) is 13.1 Å². The molecule has 0 unspecified atom stereocenters. The lowest BCUT2D eigenvalue weighted by Gasteiger charge is -2.06. The fourth-order valence-corrected chi connectivity index (χ4v) is 2.45. The van der Waals surface area contributed by atoms with Crippen LogP contribution in [0.3, 0.4) is 0 Å². The van der Waals surface area contributed by atoms with Crippen molar-refractivity contribution in [3.05, 3.63) is 35.9 Å². The third-order valence-electron chi connectivity index (χ3n) is 3.82. The summed E-state index contributed by atoms with van der Waals surface area (Å²) in [4.78, 5) is 4.38. The van der Waals surface area contributed by atoms with E-state index < -0.39 is 0 Å². The van der Waals surface area contributed by atoms with E-state index in [4.69, 9.17) is 0 Å². The smallest absolute Gasteiger partial charge is 0.0571 e. The van der Waals surface area contributed by atoms with Crippen LogP contribution in [-0.4, -0.2) is 20.8 Å². The molecule has 4 heteroatoms. The average Bonchev–Trinajstić information content (AvgIpc) is 3.22. The summed E-state index contributed by atoms with van der Waals surface area (Å²) < 4.78 is 2.07. The minimum Gasteiger partial charge on any atom is -0.310 e. The lowest BCUT2D eigenvalue weighted by molar-refractivity contribution is 0.587. The van der Waals surface area contributed by atoms with E-state index in [1.807, 2.05) is 18.6 Å². The molecular weight excluding hydrogens is 248 g/mol. The minimum atomic E-state index is 0.729. The molecule has 1 fully saturated rings. The highest BCUT2D eigenvalue weighted by Gasteiger charge is 2.20. The lowest BCUT2D eigenvalue weighted by atomic mass is 10.1. The van der Waals surface area contributed by atoms with Crippen molar-refractivity contribution in [2.24, 2.45) is 0 Å². The Morgan fingerprint density at radius 3 is 2.90 bits per heavy atom. The molecular formula is C16H22N4. The minimum absolute atomic E-state index is 0.729. The number of pyridine rings is 1. The Balaban J connectivity index is 1.79. The number of nitrogens with one attached hydrogen (secondary N) is 1. The van der Waals surface area contributed by atoms with Crippen LogP contribution < -0.4 is 5.32 Å². The Kier molecular flexibility index (Phi) is 3.83. The second-order valence-electron chi connectivity index (χ2n) is 5.60. The van der Waals surface area contributed by atoms with E-state index in [0.717, 1.165) is 25.6 Å². The van der Waals surface area contributed by atoms with E-state index in [0.29, 0.717) is 0 Å². The Morgan fingerprint density at radius 1 is 1.30 bits per heavy atom. The first-order chi connectivity index (χ1) is 9.78. The molecule has 1 saturated carbocycles. The second-order valence-corrected chi connectivity index (χ2v) is 5.60. The molecule has 0 amide bonds. The molecule has 0 radical (unpaired) electrons. The van der Waals surface area contributed by atoms with Gasteiger partial charge in [-0.2, -0.15) is 5.10 Å². The van der Waals surface area contributed by atoms with Crippen molar-refractivity contribution in [3.63, 3.8) is 0 Å². The largest absolute Gasteiger partial charge is 0.310 e. The van der Waals surface area contributed by atoms with Crippen LogP contribution in [0.15, 0.2) is 24.7 Å². The second kappa shape index (κ2) is 5.75. The van der Waals surface area contributed by atoms with Crippen molar-refractivity contribution in [3.8, 4) is 11.1 Å². The first-order valence-corrected chi connectivity index (χ1v) is 7.48. The molecule has 0 aromatic carbocycles. The van der Waals surface area contributed by atoms with Gasteiger partial charge in [0.2, 0.25) is 0 Å². The maximum Gasteiger partial charge on any atom is 0.0571 e. The molecule has 20 heavy (non-hydrogen) atoms. The summed E-state index contributed by atoms with van der Waals surface area (Å²) in [5, 5.41) is 8.00. The Hall–Kier alpha value is -1.68. The summed E-state index contributed by atoms with van der Waals surface area (Å²) in [6.45, 7) is 6.19. The molecule has 0 spiro atoms. The zero-order chi connectivity index (χ0) is 13.9. The molecule has 1 N–H and O–H groups in total. The molecule has 0 atom stereocenters. The van der Waals surface area contributed by atoms with Crippen LogP contribution in [0.25, 0.3) is 11.1 Å². The van der Waals surface area contributed by atoms with E-state index in [2.05, 4.69) is 40.0 Å². The van der Waals surface area contributed by atoms with Crippen LogP contribution in [0, 0.1) is 6.92 Å². The fraction of sp³-hybridized carbons (Fsp3) is 0.500. The van der Waals surface area contributed by atoms with Gasteiger partial charge in [0.25, 0.3) is 0 Å². The first kappa shape index (κ1) is 13.3. The van der Waals surface area contributed by atoms with Gasteiger partial charge in [-0.05, 0) is 37.8 Å². The predicted molar refractivity (Wildman–Crippen MR) is 80.3 cm³/mol. The van der Waals surface area contributed by atoms with Crippen LogP contribution in [0.4, 0.5) is 0 Å². The molecule has 0 saturated heterocycles. The van der Waals surface area contributed by atoms with Crippen molar-refractivity contribution < 1.29 is 0 Å². The molecule has 0 bridgehead atoms. The van der Waals surface area contributed by atoms with Crippen molar-refractivity contribution in [2.45, 2.75) is 52.2 Å². The third kappa shape index (κ3) is 2.90. The zero-order valence-corrected chi connectivity index (χ0v) is 12.3. The van der Waals surface area contributed by atoms with E-state index in [1.54, 1.807) is 0 Å². The topological polar surface area (TPSA) is 42.7 Å². The van der Waals surface area contributed by atoms with Crippen LogP contribution in [0.2, 0.25) is 0 Å². The normalized spacial score (nSPS) is 14.7. The van der Waals surface area contributed by atoms with E-state index in [9.17, 15) is 0 Å². The van der Waals surface area contributed by atoms with Crippen molar-refractivity contribution in [1.29, 1.82) is 0 Å². The number of aromatic nitrogens is 3. The highest BCUT2D eigenvalue weighted by Crippen LogP contribution is 2.24. The quantitative estimate of drug-likeness (QED) is 0.877. The standard InChI is InChI=1S/C16H22N4/c1-3-6-20-12(2)16(11-19-20)14-7-13(8-17-10-14)9-18-15-4-5-15/h7-8,10-11,15,18H,3-6,9H2,1-2H3. The lowest BCUT2D eigenvalue weighted by Crippen LogP contribution is -2.15. The first-order valence-electron chi connectivity index (χ1n) is 7.48. The Bertz CT molecular complexity index is 584. The maximum absolute atomic E-state index is 4.47. The van der Waals surface area contributed by atoms with Gasteiger partial charge in [-0.1, -0.05) is 6.92 Å². The van der Waals surface area contributed by atoms with Gasteiger partial charge in [0, 0.05) is 48.3 Å². The van der Waals surface area contributed by atoms with Crippen molar-refractivity contribution in [2.75, 3.05) is 0 Å².